The van der Waals surface area contributed by atoms with Gasteiger partial charge in [-0.05, 0) is 89.1 Å². The molecule has 3 aromatic carbocycles. The maximum atomic E-state index is 6.79. The van der Waals surface area contributed by atoms with E-state index in [0.29, 0.717) is 0 Å². The summed E-state index contributed by atoms with van der Waals surface area (Å²) in [5.74, 6) is 0. The van der Waals surface area contributed by atoms with Gasteiger partial charge in [0.2, 0.25) is 0 Å². The van der Waals surface area contributed by atoms with Gasteiger partial charge in [-0.3, -0.25) is 4.98 Å². The van der Waals surface area contributed by atoms with E-state index in [9.17, 15) is 0 Å². The summed E-state index contributed by atoms with van der Waals surface area (Å²) in [6.07, 6.45) is 4.12. The van der Waals surface area contributed by atoms with Crippen molar-refractivity contribution < 1.29 is 4.42 Å². The lowest BCUT2D eigenvalue weighted by Crippen LogP contribution is -2.35. The van der Waals surface area contributed by atoms with E-state index in [4.69, 9.17) is 9.40 Å². The molecule has 38 heavy (non-hydrogen) atoms. The molecular weight excluding hydrogens is 462 g/mol. The third-order valence-corrected chi connectivity index (χ3v) is 8.07. The van der Waals surface area contributed by atoms with Crippen LogP contribution in [0.2, 0.25) is 0 Å². The van der Waals surface area contributed by atoms with Gasteiger partial charge < -0.3 is 4.42 Å². The Labute approximate surface area is 227 Å². The lowest BCUT2D eigenvalue weighted by molar-refractivity contribution is 0.214. The highest BCUT2D eigenvalue weighted by Crippen LogP contribution is 2.59. The Morgan fingerprint density at radius 3 is 2.11 bits per heavy atom. The first-order valence-electron chi connectivity index (χ1n) is 13.9. The molecule has 0 radical (unpaired) electrons. The third kappa shape index (κ3) is 3.97. The molecule has 0 spiro atoms. The first kappa shape index (κ1) is 24.9. The number of benzene rings is 3. The zero-order valence-corrected chi connectivity index (χ0v) is 24.1. The fourth-order valence-corrected chi connectivity index (χ4v) is 7.07. The van der Waals surface area contributed by atoms with Crippen LogP contribution in [0.15, 0.2) is 71.3 Å². The Balaban J connectivity index is 1.67. The summed E-state index contributed by atoms with van der Waals surface area (Å²) in [5.41, 5.74) is 12.2. The van der Waals surface area contributed by atoms with Crippen molar-refractivity contribution in [3.05, 3.63) is 89.1 Å². The van der Waals surface area contributed by atoms with Crippen LogP contribution in [0.25, 0.3) is 44.3 Å². The summed E-state index contributed by atoms with van der Waals surface area (Å²) in [6.45, 7) is 18.5. The van der Waals surface area contributed by atoms with Gasteiger partial charge in [0, 0.05) is 27.9 Å². The number of pyridine rings is 1. The number of hydrogen-bond acceptors (Lipinski definition) is 2. The summed E-state index contributed by atoms with van der Waals surface area (Å²) in [4.78, 5) is 4.77. The van der Waals surface area contributed by atoms with Gasteiger partial charge in [0.1, 0.15) is 11.2 Å². The van der Waals surface area contributed by atoms with Gasteiger partial charge in [-0.2, -0.15) is 0 Å². The molecule has 2 heterocycles. The van der Waals surface area contributed by atoms with Crippen molar-refractivity contribution in [2.45, 2.75) is 73.6 Å². The van der Waals surface area contributed by atoms with Crippen molar-refractivity contribution in [1.29, 1.82) is 0 Å². The second kappa shape index (κ2) is 8.30. The maximum Gasteiger partial charge on any atom is 0.145 e. The summed E-state index contributed by atoms with van der Waals surface area (Å²) < 4.78 is 6.79. The molecule has 0 N–H and O–H groups in total. The number of aromatic nitrogens is 1. The van der Waals surface area contributed by atoms with Gasteiger partial charge in [-0.15, -0.1) is 0 Å². The molecule has 194 valence electrons. The quantitative estimate of drug-likeness (QED) is 0.246. The van der Waals surface area contributed by atoms with Crippen LogP contribution in [0.1, 0.15) is 76.6 Å². The lowest BCUT2D eigenvalue weighted by Gasteiger charge is -2.42. The molecule has 0 amide bonds. The molecular formula is C36H39NO. The molecule has 1 aliphatic rings. The summed E-state index contributed by atoms with van der Waals surface area (Å²) >= 11 is 0. The summed E-state index contributed by atoms with van der Waals surface area (Å²) in [7, 11) is 0. The lowest BCUT2D eigenvalue weighted by atomic mass is 9.62. The molecule has 0 unspecified atom stereocenters. The Bertz CT molecular complexity index is 1670. The molecule has 2 aromatic heterocycles. The second-order valence-electron chi connectivity index (χ2n) is 14.0. The monoisotopic (exact) mass is 501 g/mol. The van der Waals surface area contributed by atoms with E-state index in [1.165, 1.54) is 33.2 Å². The Morgan fingerprint density at radius 2 is 1.45 bits per heavy atom. The van der Waals surface area contributed by atoms with Gasteiger partial charge in [-0.25, -0.2) is 0 Å². The van der Waals surface area contributed by atoms with E-state index < -0.39 is 0 Å². The standard InChI is InChI=1S/C36H39NO/c1-22-13-16-30(37-19-22)32-23(2)14-15-25-27-17-26-24-11-9-10-12-28(24)36(20-34(3,4)5,21-35(6,7)8)29(26)18-31(27)38-33(25)32/h9-19H,20-21H2,1-8H3. The van der Waals surface area contributed by atoms with Crippen LogP contribution in [0.5, 0.6) is 0 Å². The Morgan fingerprint density at radius 1 is 0.737 bits per heavy atom. The van der Waals surface area contributed by atoms with E-state index >= 15 is 0 Å². The van der Waals surface area contributed by atoms with E-state index in [2.05, 4.69) is 116 Å². The van der Waals surface area contributed by atoms with Gasteiger partial charge >= 0.3 is 0 Å². The van der Waals surface area contributed by atoms with E-state index in [0.717, 1.165) is 46.2 Å². The summed E-state index contributed by atoms with van der Waals surface area (Å²) in [5, 5.41) is 2.34. The van der Waals surface area contributed by atoms with Crippen LogP contribution in [0.4, 0.5) is 0 Å². The van der Waals surface area contributed by atoms with Crippen molar-refractivity contribution >= 4 is 21.9 Å². The number of fused-ring (bicyclic) bond motifs is 6. The molecule has 0 aliphatic heterocycles. The highest BCUT2D eigenvalue weighted by atomic mass is 16.3. The zero-order valence-electron chi connectivity index (χ0n) is 24.1. The van der Waals surface area contributed by atoms with Gasteiger partial charge in [-0.1, -0.05) is 84.0 Å². The number of aryl methyl sites for hydroxylation is 2. The zero-order chi connectivity index (χ0) is 27.0. The average Bonchev–Trinajstić information content (AvgIpc) is 3.30. The number of hydrogen-bond donors (Lipinski definition) is 0. The second-order valence-corrected chi connectivity index (χ2v) is 14.0. The third-order valence-electron chi connectivity index (χ3n) is 8.07. The smallest absolute Gasteiger partial charge is 0.145 e. The molecule has 0 saturated carbocycles. The van der Waals surface area contributed by atoms with Gasteiger partial charge in [0.05, 0.1) is 5.69 Å². The van der Waals surface area contributed by atoms with Crippen LogP contribution < -0.4 is 0 Å². The number of rotatable bonds is 3. The van der Waals surface area contributed by atoms with Gasteiger partial charge in [0.15, 0.2) is 0 Å². The minimum atomic E-state index is -0.0626. The molecule has 2 heteroatoms. The normalized spacial score (nSPS) is 14.7. The van der Waals surface area contributed by atoms with Crippen molar-refractivity contribution in [3.63, 3.8) is 0 Å². The predicted octanol–water partition coefficient (Wildman–Crippen LogP) is 10.4. The fourth-order valence-electron chi connectivity index (χ4n) is 7.07. The van der Waals surface area contributed by atoms with Crippen LogP contribution in [0, 0.1) is 24.7 Å². The predicted molar refractivity (Wildman–Crippen MR) is 161 cm³/mol. The fraction of sp³-hybridized carbons (Fsp3) is 0.361. The molecule has 2 nitrogen and oxygen atoms in total. The highest BCUT2D eigenvalue weighted by molar-refractivity contribution is 6.11. The Hall–Kier alpha value is -3.39. The largest absolute Gasteiger partial charge is 0.455 e. The summed E-state index contributed by atoms with van der Waals surface area (Å²) in [6, 6.07) is 22.5. The van der Waals surface area contributed by atoms with Crippen LogP contribution in [0.3, 0.4) is 0 Å². The molecule has 0 saturated heterocycles. The SMILES string of the molecule is Cc1ccc(-c2c(C)ccc3c2oc2cc4c(cc23)-c2ccccc2C4(CC(C)(C)C)CC(C)(C)C)nc1. The number of nitrogens with zero attached hydrogens (tertiary/aromatic N) is 1. The molecule has 0 bridgehead atoms. The van der Waals surface area contributed by atoms with Crippen LogP contribution in [-0.4, -0.2) is 4.98 Å². The van der Waals surface area contributed by atoms with Crippen molar-refractivity contribution in [1.82, 2.24) is 4.98 Å². The van der Waals surface area contributed by atoms with Crippen molar-refractivity contribution in [2.24, 2.45) is 10.8 Å². The molecule has 6 rings (SSSR count). The first-order chi connectivity index (χ1) is 17.9. The van der Waals surface area contributed by atoms with Crippen molar-refractivity contribution in [3.8, 4) is 22.4 Å². The minimum Gasteiger partial charge on any atom is -0.455 e. The van der Waals surface area contributed by atoms with E-state index in [1.54, 1.807) is 0 Å². The van der Waals surface area contributed by atoms with E-state index in [-0.39, 0.29) is 16.2 Å². The van der Waals surface area contributed by atoms with Crippen molar-refractivity contribution in [2.75, 3.05) is 0 Å². The van der Waals surface area contributed by atoms with E-state index in [1.807, 2.05) is 6.20 Å². The first-order valence-corrected chi connectivity index (χ1v) is 13.9. The van der Waals surface area contributed by atoms with Crippen LogP contribution in [-0.2, 0) is 5.41 Å². The van der Waals surface area contributed by atoms with Gasteiger partial charge in [0.25, 0.3) is 0 Å². The number of furan rings is 1. The Kier molecular flexibility index (Phi) is 5.44. The highest BCUT2D eigenvalue weighted by Gasteiger charge is 2.47. The molecule has 0 fully saturated rings. The maximum absolute atomic E-state index is 6.79. The molecule has 5 aromatic rings. The minimum absolute atomic E-state index is 0.0626. The molecule has 1 aliphatic carbocycles. The average molecular weight is 502 g/mol. The topological polar surface area (TPSA) is 26.0 Å². The van der Waals surface area contributed by atoms with Crippen LogP contribution >= 0.6 is 0 Å². The molecule has 0 atom stereocenters.